The fourth-order valence-electron chi connectivity index (χ4n) is 6.36. The van der Waals surface area contributed by atoms with Gasteiger partial charge in [0.15, 0.2) is 0 Å². The molecule has 3 aliphatic rings. The highest BCUT2D eigenvalue weighted by Crippen LogP contribution is 2.36. The van der Waals surface area contributed by atoms with Gasteiger partial charge in [-0.05, 0) is 49.3 Å². The van der Waals surface area contributed by atoms with Gasteiger partial charge >= 0.3 is 5.97 Å². The molecule has 1 aromatic carbocycles. The fourth-order valence-corrected chi connectivity index (χ4v) is 6.36. The third-order valence-corrected chi connectivity index (χ3v) is 8.76. The van der Waals surface area contributed by atoms with Crippen LogP contribution < -0.4 is 10.6 Å². The number of hydrogen-bond donors (Lipinski definition) is 2. The molecular formula is C30H44N4O5. The number of methoxy groups -OCH3 is 1. The lowest BCUT2D eigenvalue weighted by atomic mass is 9.79. The second kappa shape index (κ2) is 13.4. The third-order valence-electron chi connectivity index (χ3n) is 8.76. The van der Waals surface area contributed by atoms with E-state index in [1.807, 2.05) is 17.0 Å². The number of rotatable bonds is 10. The molecule has 0 bridgehead atoms. The van der Waals surface area contributed by atoms with E-state index in [9.17, 15) is 19.2 Å². The number of hydrogen-bond acceptors (Lipinski definition) is 6. The molecule has 214 valence electrons. The van der Waals surface area contributed by atoms with Crippen molar-refractivity contribution in [1.82, 2.24) is 20.4 Å². The molecule has 3 fully saturated rings. The van der Waals surface area contributed by atoms with Crippen molar-refractivity contribution in [2.45, 2.75) is 89.3 Å². The zero-order valence-electron chi connectivity index (χ0n) is 23.5. The second-order valence-electron chi connectivity index (χ2n) is 11.4. The number of esters is 1. The number of nitrogens with one attached hydrogen (secondary N) is 2. The fraction of sp³-hybridized carbons (Fsp3) is 0.667. The van der Waals surface area contributed by atoms with Gasteiger partial charge in [-0.2, -0.15) is 0 Å². The van der Waals surface area contributed by atoms with E-state index in [1.54, 1.807) is 12.1 Å². The smallest absolute Gasteiger partial charge is 0.325 e. The highest BCUT2D eigenvalue weighted by Gasteiger charge is 2.53. The molecule has 1 unspecified atom stereocenters. The number of piperidine rings is 1. The first-order valence-corrected chi connectivity index (χ1v) is 14.6. The van der Waals surface area contributed by atoms with Crippen molar-refractivity contribution in [2.75, 3.05) is 33.3 Å². The van der Waals surface area contributed by atoms with Crippen LogP contribution in [-0.4, -0.2) is 78.4 Å². The Kier molecular flexibility index (Phi) is 9.99. The van der Waals surface area contributed by atoms with Gasteiger partial charge in [0.2, 0.25) is 11.8 Å². The molecule has 2 N–H and O–H groups in total. The van der Waals surface area contributed by atoms with Crippen LogP contribution in [0.1, 0.15) is 87.1 Å². The van der Waals surface area contributed by atoms with Crippen LogP contribution in [0.15, 0.2) is 24.3 Å². The molecule has 9 heteroatoms. The van der Waals surface area contributed by atoms with E-state index >= 15 is 0 Å². The van der Waals surface area contributed by atoms with Gasteiger partial charge in [0.05, 0.1) is 7.11 Å². The van der Waals surface area contributed by atoms with E-state index < -0.39 is 11.5 Å². The second-order valence-corrected chi connectivity index (χ2v) is 11.4. The molecule has 1 aromatic rings. The summed E-state index contributed by atoms with van der Waals surface area (Å²) in [7, 11) is 1.28. The topological polar surface area (TPSA) is 108 Å². The molecule has 2 heterocycles. The maximum Gasteiger partial charge on any atom is 0.325 e. The molecule has 1 spiro atoms. The summed E-state index contributed by atoms with van der Waals surface area (Å²) in [4.78, 5) is 55.1. The Morgan fingerprint density at radius 3 is 2.41 bits per heavy atom. The number of benzene rings is 1. The lowest BCUT2D eigenvalue weighted by Crippen LogP contribution is -2.73. The van der Waals surface area contributed by atoms with Gasteiger partial charge in [0.25, 0.3) is 5.91 Å². The van der Waals surface area contributed by atoms with E-state index in [0.717, 1.165) is 50.8 Å². The van der Waals surface area contributed by atoms with E-state index in [2.05, 4.69) is 27.2 Å². The predicted molar refractivity (Wildman–Crippen MR) is 148 cm³/mol. The highest BCUT2D eigenvalue weighted by molar-refractivity contribution is 6.00. The Hall–Kier alpha value is -2.94. The standard InChI is InChI=1S/C30H44N4O5/c1-3-4-16-34-28(37)25(19-22-8-6-5-7-9-22)32-29(38)30(34)14-17-33(18-15-30)21-23-10-12-24(13-11-23)27(36)31-20-26(35)39-2/h10-13,22,25H,3-9,14-21H2,1-2H3,(H,31,36)(H,32,38). The summed E-state index contributed by atoms with van der Waals surface area (Å²) >= 11 is 0. The Labute approximate surface area is 232 Å². The lowest BCUT2D eigenvalue weighted by Gasteiger charge is -2.52. The number of piperazine rings is 1. The van der Waals surface area contributed by atoms with Crippen LogP contribution in [-0.2, 0) is 25.7 Å². The van der Waals surface area contributed by atoms with Gasteiger partial charge in [-0.3, -0.25) is 24.1 Å². The van der Waals surface area contributed by atoms with Crippen LogP contribution in [0.25, 0.3) is 0 Å². The van der Waals surface area contributed by atoms with Crippen LogP contribution in [0, 0.1) is 5.92 Å². The van der Waals surface area contributed by atoms with Crippen molar-refractivity contribution in [3.63, 3.8) is 0 Å². The normalized spacial score (nSPS) is 22.0. The Balaban J connectivity index is 1.35. The molecule has 0 radical (unpaired) electrons. The molecule has 1 atom stereocenters. The largest absolute Gasteiger partial charge is 0.468 e. The van der Waals surface area contributed by atoms with Gasteiger partial charge in [-0.25, -0.2) is 0 Å². The van der Waals surface area contributed by atoms with Crippen molar-refractivity contribution in [3.8, 4) is 0 Å². The van der Waals surface area contributed by atoms with Crippen LogP contribution in [0.5, 0.6) is 0 Å². The first-order chi connectivity index (χ1) is 18.9. The van der Waals surface area contributed by atoms with Crippen molar-refractivity contribution in [2.24, 2.45) is 5.92 Å². The zero-order valence-corrected chi connectivity index (χ0v) is 23.5. The average molecular weight is 541 g/mol. The molecule has 3 amide bonds. The average Bonchev–Trinajstić information content (AvgIpc) is 2.96. The summed E-state index contributed by atoms with van der Waals surface area (Å²) in [5.41, 5.74) is 0.787. The molecule has 9 nitrogen and oxygen atoms in total. The number of ether oxygens (including phenoxy) is 1. The maximum atomic E-state index is 13.7. The minimum absolute atomic E-state index is 0.0287. The molecule has 39 heavy (non-hydrogen) atoms. The SMILES string of the molecule is CCCCN1C(=O)C(CC2CCCCC2)NC(=O)C12CCN(Cc1ccc(C(=O)NCC(=O)OC)cc1)CC2. The van der Waals surface area contributed by atoms with E-state index in [1.165, 1.54) is 26.4 Å². The van der Waals surface area contributed by atoms with Gasteiger partial charge in [0.1, 0.15) is 18.1 Å². The highest BCUT2D eigenvalue weighted by atomic mass is 16.5. The van der Waals surface area contributed by atoms with Crippen molar-refractivity contribution >= 4 is 23.7 Å². The van der Waals surface area contributed by atoms with Crippen molar-refractivity contribution < 1.29 is 23.9 Å². The van der Waals surface area contributed by atoms with E-state index in [-0.39, 0.29) is 30.3 Å². The zero-order chi connectivity index (χ0) is 27.8. The lowest BCUT2D eigenvalue weighted by molar-refractivity contribution is -0.162. The molecule has 1 saturated carbocycles. The quantitative estimate of drug-likeness (QED) is 0.442. The Morgan fingerprint density at radius 2 is 1.77 bits per heavy atom. The van der Waals surface area contributed by atoms with Gasteiger partial charge in [-0.15, -0.1) is 0 Å². The first-order valence-electron chi connectivity index (χ1n) is 14.6. The first kappa shape index (κ1) is 29.1. The molecule has 2 saturated heterocycles. The van der Waals surface area contributed by atoms with E-state index in [0.29, 0.717) is 37.4 Å². The van der Waals surface area contributed by atoms with Gasteiger partial charge in [0, 0.05) is 31.7 Å². The summed E-state index contributed by atoms with van der Waals surface area (Å²) in [5.74, 6) is -0.149. The summed E-state index contributed by atoms with van der Waals surface area (Å²) in [6, 6.07) is 6.94. The number of carbonyl (C=O) groups is 4. The van der Waals surface area contributed by atoms with Gasteiger partial charge in [-0.1, -0.05) is 57.6 Å². The molecule has 1 aliphatic carbocycles. The van der Waals surface area contributed by atoms with E-state index in [4.69, 9.17) is 0 Å². The number of nitrogens with zero attached hydrogens (tertiary/aromatic N) is 2. The number of unbranched alkanes of at least 4 members (excludes halogenated alkanes) is 1. The molecule has 4 rings (SSSR count). The Morgan fingerprint density at radius 1 is 1.08 bits per heavy atom. The monoisotopic (exact) mass is 540 g/mol. The summed E-state index contributed by atoms with van der Waals surface area (Å²) < 4.78 is 4.55. The minimum Gasteiger partial charge on any atom is -0.468 e. The maximum absolute atomic E-state index is 13.7. The predicted octanol–water partition coefficient (Wildman–Crippen LogP) is 3.02. The third kappa shape index (κ3) is 6.99. The van der Waals surface area contributed by atoms with Crippen molar-refractivity contribution in [1.29, 1.82) is 0 Å². The van der Waals surface area contributed by atoms with Crippen LogP contribution in [0.3, 0.4) is 0 Å². The van der Waals surface area contributed by atoms with Gasteiger partial charge < -0.3 is 20.3 Å². The number of likely N-dealkylation sites (tertiary alicyclic amines) is 1. The number of amides is 3. The molecule has 0 aromatic heterocycles. The summed E-state index contributed by atoms with van der Waals surface area (Å²) in [5, 5.41) is 5.71. The van der Waals surface area contributed by atoms with Crippen LogP contribution >= 0.6 is 0 Å². The summed E-state index contributed by atoms with van der Waals surface area (Å²) in [6.45, 7) is 4.74. The Bertz CT molecular complexity index is 1010. The molecular weight excluding hydrogens is 496 g/mol. The number of carbonyl (C=O) groups excluding carboxylic acids is 4. The summed E-state index contributed by atoms with van der Waals surface area (Å²) in [6.07, 6.45) is 9.96. The van der Waals surface area contributed by atoms with Crippen LogP contribution in [0.4, 0.5) is 0 Å². The minimum atomic E-state index is -0.757. The van der Waals surface area contributed by atoms with Crippen molar-refractivity contribution in [3.05, 3.63) is 35.4 Å². The van der Waals surface area contributed by atoms with Crippen LogP contribution in [0.2, 0.25) is 0 Å². The molecule has 2 aliphatic heterocycles.